The molecule has 4 nitrogen and oxygen atoms in total. The first-order valence-electron chi connectivity index (χ1n) is 6.22. The van der Waals surface area contributed by atoms with Crippen molar-refractivity contribution in [1.82, 2.24) is 4.31 Å². The first-order chi connectivity index (χ1) is 8.55. The largest absolute Gasteiger partial charge is 0.395 e. The molecule has 5 heteroatoms. The number of rotatable bonds is 3. The third kappa shape index (κ3) is 2.58. The van der Waals surface area contributed by atoms with Gasteiger partial charge in [0.1, 0.15) is 0 Å². The number of sulfonamides is 1. The van der Waals surface area contributed by atoms with Gasteiger partial charge in [-0.2, -0.15) is 0 Å². The summed E-state index contributed by atoms with van der Waals surface area (Å²) in [6.45, 7) is 2.23. The number of aliphatic hydroxyl groups excluding tert-OH is 1. The van der Waals surface area contributed by atoms with Crippen molar-refractivity contribution in [2.75, 3.05) is 19.7 Å². The van der Waals surface area contributed by atoms with Crippen LogP contribution < -0.4 is 0 Å². The normalized spacial score (nSPS) is 19.0. The lowest BCUT2D eigenvalue weighted by molar-refractivity contribution is 0.289. The lowest BCUT2D eigenvalue weighted by Crippen LogP contribution is -2.40. The average molecular weight is 269 g/mol. The molecule has 1 N–H and O–H groups in total. The number of nitrogens with zero attached hydrogens (tertiary/aromatic N) is 1. The molecular weight excluding hydrogens is 250 g/mol. The highest BCUT2D eigenvalue weighted by atomic mass is 32.2. The van der Waals surface area contributed by atoms with Crippen molar-refractivity contribution in [1.29, 1.82) is 0 Å². The van der Waals surface area contributed by atoms with E-state index in [0.717, 1.165) is 12.8 Å². The molecule has 0 saturated heterocycles. The molecule has 0 saturated carbocycles. The Morgan fingerprint density at radius 1 is 1.22 bits per heavy atom. The maximum absolute atomic E-state index is 12.2. The molecule has 0 aliphatic carbocycles. The Balaban J connectivity index is 2.18. The standard InChI is InChI=1S/C13H19NO3S/c1-11(10-15)18(16,17)14-8-6-12-4-2-3-5-13(12)7-9-14/h2-5,11,15H,6-10H2,1H3. The molecule has 0 aromatic heterocycles. The Labute approximate surface area is 108 Å². The smallest absolute Gasteiger partial charge is 0.218 e. The van der Waals surface area contributed by atoms with Gasteiger partial charge in [-0.3, -0.25) is 0 Å². The number of hydrogen-bond donors (Lipinski definition) is 1. The predicted molar refractivity (Wildman–Crippen MR) is 70.9 cm³/mol. The minimum absolute atomic E-state index is 0.328. The summed E-state index contributed by atoms with van der Waals surface area (Å²) in [5.41, 5.74) is 2.46. The maximum Gasteiger partial charge on any atom is 0.218 e. The summed E-state index contributed by atoms with van der Waals surface area (Å²) >= 11 is 0. The molecule has 0 amide bonds. The number of benzene rings is 1. The fourth-order valence-corrected chi connectivity index (χ4v) is 3.64. The van der Waals surface area contributed by atoms with Crippen molar-refractivity contribution in [2.45, 2.75) is 25.0 Å². The van der Waals surface area contributed by atoms with E-state index in [2.05, 4.69) is 12.1 Å². The Hall–Kier alpha value is -0.910. The SMILES string of the molecule is CC(CO)S(=O)(=O)N1CCc2ccccc2CC1. The monoisotopic (exact) mass is 269 g/mol. The lowest BCUT2D eigenvalue weighted by atomic mass is 10.0. The van der Waals surface area contributed by atoms with E-state index in [9.17, 15) is 8.42 Å². The van der Waals surface area contributed by atoms with Gasteiger partial charge in [-0.05, 0) is 30.9 Å². The van der Waals surface area contributed by atoms with E-state index in [4.69, 9.17) is 5.11 Å². The van der Waals surface area contributed by atoms with E-state index in [1.807, 2.05) is 12.1 Å². The highest BCUT2D eigenvalue weighted by Gasteiger charge is 2.29. The van der Waals surface area contributed by atoms with Gasteiger partial charge in [0, 0.05) is 13.1 Å². The Kier molecular flexibility index (Phi) is 4.04. The Bertz CT molecular complexity index is 486. The van der Waals surface area contributed by atoms with Crippen LogP contribution in [0.5, 0.6) is 0 Å². The fraction of sp³-hybridized carbons (Fsp3) is 0.538. The van der Waals surface area contributed by atoms with Gasteiger partial charge in [0.2, 0.25) is 10.0 Å². The van der Waals surface area contributed by atoms with Crippen molar-refractivity contribution in [3.05, 3.63) is 35.4 Å². The minimum Gasteiger partial charge on any atom is -0.395 e. The van der Waals surface area contributed by atoms with Crippen LogP contribution in [-0.4, -0.2) is 42.8 Å². The third-order valence-electron chi connectivity index (χ3n) is 3.50. The lowest BCUT2D eigenvalue weighted by Gasteiger charge is -2.23. The van der Waals surface area contributed by atoms with E-state index in [1.54, 1.807) is 6.92 Å². The molecule has 1 aliphatic rings. The van der Waals surface area contributed by atoms with Crippen LogP contribution in [-0.2, 0) is 22.9 Å². The van der Waals surface area contributed by atoms with E-state index < -0.39 is 15.3 Å². The molecule has 1 atom stereocenters. The highest BCUT2D eigenvalue weighted by molar-refractivity contribution is 7.89. The highest BCUT2D eigenvalue weighted by Crippen LogP contribution is 2.19. The van der Waals surface area contributed by atoms with E-state index in [-0.39, 0.29) is 6.61 Å². The molecule has 1 aliphatic heterocycles. The maximum atomic E-state index is 12.2. The fourth-order valence-electron chi connectivity index (χ4n) is 2.25. The van der Waals surface area contributed by atoms with Gasteiger partial charge >= 0.3 is 0 Å². The van der Waals surface area contributed by atoms with E-state index >= 15 is 0 Å². The summed E-state index contributed by atoms with van der Waals surface area (Å²) in [4.78, 5) is 0. The molecular formula is C13H19NO3S. The summed E-state index contributed by atoms with van der Waals surface area (Å²) in [7, 11) is -3.37. The van der Waals surface area contributed by atoms with Gasteiger partial charge in [-0.15, -0.1) is 0 Å². The third-order valence-corrected chi connectivity index (χ3v) is 5.76. The van der Waals surface area contributed by atoms with Crippen LogP contribution >= 0.6 is 0 Å². The molecule has 0 radical (unpaired) electrons. The minimum atomic E-state index is -3.37. The molecule has 1 unspecified atom stereocenters. The summed E-state index contributed by atoms with van der Waals surface area (Å²) in [5.74, 6) is 0. The predicted octanol–water partition coefficient (Wildman–Crippen LogP) is 0.798. The Morgan fingerprint density at radius 2 is 1.72 bits per heavy atom. The van der Waals surface area contributed by atoms with E-state index in [1.165, 1.54) is 15.4 Å². The molecule has 100 valence electrons. The first kappa shape index (κ1) is 13.5. The van der Waals surface area contributed by atoms with Crippen LogP contribution in [0.25, 0.3) is 0 Å². The summed E-state index contributed by atoms with van der Waals surface area (Å²) < 4.78 is 25.9. The van der Waals surface area contributed by atoms with Crippen LogP contribution in [0.15, 0.2) is 24.3 Å². The Morgan fingerprint density at radius 3 is 2.17 bits per heavy atom. The second-order valence-electron chi connectivity index (χ2n) is 4.71. The zero-order valence-electron chi connectivity index (χ0n) is 10.5. The molecule has 1 heterocycles. The topological polar surface area (TPSA) is 57.6 Å². The van der Waals surface area contributed by atoms with Crippen molar-refractivity contribution < 1.29 is 13.5 Å². The van der Waals surface area contributed by atoms with Crippen LogP contribution in [0, 0.1) is 0 Å². The molecule has 1 aromatic rings. The van der Waals surface area contributed by atoms with Gasteiger partial charge in [-0.25, -0.2) is 12.7 Å². The summed E-state index contributed by atoms with van der Waals surface area (Å²) in [6.07, 6.45) is 1.49. The zero-order valence-corrected chi connectivity index (χ0v) is 11.4. The van der Waals surface area contributed by atoms with Gasteiger partial charge in [0.25, 0.3) is 0 Å². The molecule has 0 fully saturated rings. The van der Waals surface area contributed by atoms with Crippen molar-refractivity contribution in [3.63, 3.8) is 0 Å². The van der Waals surface area contributed by atoms with Crippen molar-refractivity contribution >= 4 is 10.0 Å². The molecule has 0 spiro atoms. The molecule has 18 heavy (non-hydrogen) atoms. The molecule has 0 bridgehead atoms. The quantitative estimate of drug-likeness (QED) is 0.883. The van der Waals surface area contributed by atoms with Crippen molar-refractivity contribution in [3.8, 4) is 0 Å². The molecule has 2 rings (SSSR count). The second kappa shape index (κ2) is 5.38. The van der Waals surface area contributed by atoms with Crippen LogP contribution in [0.1, 0.15) is 18.1 Å². The number of hydrogen-bond acceptors (Lipinski definition) is 3. The zero-order chi connectivity index (χ0) is 13.2. The van der Waals surface area contributed by atoms with Crippen LogP contribution in [0.3, 0.4) is 0 Å². The number of aliphatic hydroxyl groups is 1. The van der Waals surface area contributed by atoms with Crippen LogP contribution in [0.2, 0.25) is 0 Å². The van der Waals surface area contributed by atoms with Gasteiger partial charge in [0.15, 0.2) is 0 Å². The average Bonchev–Trinajstić information content (AvgIpc) is 2.60. The summed E-state index contributed by atoms with van der Waals surface area (Å²) in [6, 6.07) is 8.08. The van der Waals surface area contributed by atoms with Gasteiger partial charge in [0.05, 0.1) is 11.9 Å². The first-order valence-corrected chi connectivity index (χ1v) is 7.72. The second-order valence-corrected chi connectivity index (χ2v) is 7.06. The van der Waals surface area contributed by atoms with Crippen LogP contribution in [0.4, 0.5) is 0 Å². The van der Waals surface area contributed by atoms with Gasteiger partial charge < -0.3 is 5.11 Å². The molecule has 1 aromatic carbocycles. The van der Waals surface area contributed by atoms with E-state index in [0.29, 0.717) is 13.1 Å². The van der Waals surface area contributed by atoms with Gasteiger partial charge in [-0.1, -0.05) is 24.3 Å². The van der Waals surface area contributed by atoms with Crippen molar-refractivity contribution in [2.24, 2.45) is 0 Å². The number of fused-ring (bicyclic) bond motifs is 1. The summed E-state index contributed by atoms with van der Waals surface area (Å²) in [5, 5.41) is 8.32.